The second-order valence-corrected chi connectivity index (χ2v) is 7.77. The van der Waals surface area contributed by atoms with Crippen LogP contribution in [0.2, 0.25) is 0 Å². The zero-order valence-electron chi connectivity index (χ0n) is 11.3. The molecule has 0 radical (unpaired) electrons. The summed E-state index contributed by atoms with van der Waals surface area (Å²) in [4.78, 5) is -0.0607. The fraction of sp³-hybridized carbons (Fsp3) is 0.429. The molecule has 0 spiro atoms. The van der Waals surface area contributed by atoms with Crippen LogP contribution >= 0.6 is 10.7 Å². The Kier molecular flexibility index (Phi) is 3.94. The molecule has 1 saturated heterocycles. The van der Waals surface area contributed by atoms with Gasteiger partial charge in [0.2, 0.25) is 0 Å². The first-order valence-electron chi connectivity index (χ1n) is 6.80. The van der Waals surface area contributed by atoms with E-state index in [-0.39, 0.29) is 11.0 Å². The van der Waals surface area contributed by atoms with Gasteiger partial charge in [-0.15, -0.1) is 0 Å². The van der Waals surface area contributed by atoms with Crippen LogP contribution in [0.15, 0.2) is 29.3 Å². The highest BCUT2D eigenvalue weighted by Gasteiger charge is 2.22. The van der Waals surface area contributed by atoms with Gasteiger partial charge in [-0.2, -0.15) is 0 Å². The molecule has 0 amide bonds. The number of fused-ring (bicyclic) bond motifs is 1. The summed E-state index contributed by atoms with van der Waals surface area (Å²) in [6.07, 6.45) is 4.59. The van der Waals surface area contributed by atoms with Gasteiger partial charge in [-0.05, 0) is 37.5 Å². The molecule has 21 heavy (non-hydrogen) atoms. The smallest absolute Gasteiger partial charge is 0.263 e. The number of ether oxygens (including phenoxy) is 1. The minimum Gasteiger partial charge on any atom is -0.376 e. The monoisotopic (exact) mass is 331 g/mol. The highest BCUT2D eigenvalue weighted by Crippen LogP contribution is 2.29. The Balaban J connectivity index is 2.06. The largest absolute Gasteiger partial charge is 0.376 e. The van der Waals surface area contributed by atoms with Crippen molar-refractivity contribution in [1.29, 1.82) is 0 Å². The van der Waals surface area contributed by atoms with Crippen molar-refractivity contribution in [1.82, 2.24) is 4.57 Å². The van der Waals surface area contributed by atoms with Crippen molar-refractivity contribution < 1.29 is 17.5 Å². The van der Waals surface area contributed by atoms with Crippen LogP contribution in [0, 0.1) is 5.82 Å². The third kappa shape index (κ3) is 3.07. The maximum absolute atomic E-state index is 13.4. The van der Waals surface area contributed by atoms with E-state index in [2.05, 4.69) is 0 Å². The molecule has 0 N–H and O–H groups in total. The number of halogens is 2. The molecule has 1 fully saturated rings. The van der Waals surface area contributed by atoms with E-state index in [4.69, 9.17) is 15.4 Å². The Morgan fingerprint density at radius 3 is 2.86 bits per heavy atom. The van der Waals surface area contributed by atoms with Crippen LogP contribution in [0.25, 0.3) is 10.9 Å². The summed E-state index contributed by atoms with van der Waals surface area (Å²) in [6.45, 7) is 1.26. The van der Waals surface area contributed by atoms with Crippen LogP contribution in [0.3, 0.4) is 0 Å². The lowest BCUT2D eigenvalue weighted by Gasteiger charge is -2.23. The van der Waals surface area contributed by atoms with Crippen LogP contribution < -0.4 is 0 Å². The van der Waals surface area contributed by atoms with Crippen LogP contribution in [-0.2, 0) is 20.3 Å². The van der Waals surface area contributed by atoms with E-state index in [1.807, 2.05) is 0 Å². The van der Waals surface area contributed by atoms with E-state index < -0.39 is 14.9 Å². The van der Waals surface area contributed by atoms with Crippen molar-refractivity contribution in [2.75, 3.05) is 6.61 Å². The molecule has 1 aromatic carbocycles. The van der Waals surface area contributed by atoms with E-state index >= 15 is 0 Å². The van der Waals surface area contributed by atoms with Gasteiger partial charge in [0.15, 0.2) is 0 Å². The number of hydrogen-bond acceptors (Lipinski definition) is 3. The minimum absolute atomic E-state index is 0.0466. The first kappa shape index (κ1) is 14.8. The molecule has 1 aliphatic rings. The highest BCUT2D eigenvalue weighted by molar-refractivity contribution is 8.14. The molecule has 2 heterocycles. The molecule has 1 aliphatic heterocycles. The zero-order chi connectivity index (χ0) is 15.0. The summed E-state index contributed by atoms with van der Waals surface area (Å²) in [6, 6.07) is 4.08. The standard InChI is InChI=1S/C14H15ClFNO3S/c15-21(18,19)14-9-17(8-11-3-1-2-6-20-11)13-5-4-10(16)7-12(13)14/h4-5,7,9,11H,1-3,6,8H2. The predicted octanol–water partition coefficient (Wildman–Crippen LogP) is 3.28. The molecule has 0 saturated carbocycles. The van der Waals surface area contributed by atoms with Crippen molar-refractivity contribution in [3.8, 4) is 0 Å². The van der Waals surface area contributed by atoms with E-state index in [0.29, 0.717) is 17.4 Å². The summed E-state index contributed by atoms with van der Waals surface area (Å²) in [7, 11) is 1.53. The third-order valence-electron chi connectivity index (χ3n) is 3.74. The number of benzene rings is 1. The lowest BCUT2D eigenvalue weighted by atomic mass is 10.1. The second kappa shape index (κ2) is 5.59. The predicted molar refractivity (Wildman–Crippen MR) is 78.5 cm³/mol. The minimum atomic E-state index is -3.92. The maximum atomic E-state index is 13.4. The number of hydrogen-bond donors (Lipinski definition) is 0. The summed E-state index contributed by atoms with van der Waals surface area (Å²) < 4.78 is 44.2. The quantitative estimate of drug-likeness (QED) is 0.811. The molecule has 1 unspecified atom stereocenters. The van der Waals surface area contributed by atoms with Gasteiger partial charge < -0.3 is 9.30 Å². The van der Waals surface area contributed by atoms with Gasteiger partial charge in [-0.25, -0.2) is 12.8 Å². The third-order valence-corrected chi connectivity index (χ3v) is 5.09. The Hall–Kier alpha value is -1.11. The average molecular weight is 332 g/mol. The Labute approximate surface area is 126 Å². The van der Waals surface area contributed by atoms with Crippen molar-refractivity contribution in [2.24, 2.45) is 0 Å². The first-order chi connectivity index (χ1) is 9.95. The van der Waals surface area contributed by atoms with Gasteiger partial charge in [0.05, 0.1) is 6.10 Å². The van der Waals surface area contributed by atoms with Gasteiger partial charge in [0, 0.05) is 40.9 Å². The Morgan fingerprint density at radius 2 is 2.19 bits per heavy atom. The van der Waals surface area contributed by atoms with Crippen molar-refractivity contribution in [3.05, 3.63) is 30.2 Å². The van der Waals surface area contributed by atoms with Crippen LogP contribution in [0.4, 0.5) is 4.39 Å². The van der Waals surface area contributed by atoms with Gasteiger partial charge >= 0.3 is 0 Å². The Bertz CT molecular complexity index is 766. The summed E-state index contributed by atoms with van der Waals surface area (Å²) in [5.41, 5.74) is 0.643. The average Bonchev–Trinajstić information content (AvgIpc) is 2.78. The molecule has 114 valence electrons. The molecular formula is C14H15ClFNO3S. The van der Waals surface area contributed by atoms with Gasteiger partial charge in [-0.1, -0.05) is 0 Å². The fourth-order valence-electron chi connectivity index (χ4n) is 2.75. The van der Waals surface area contributed by atoms with Crippen LogP contribution in [0.1, 0.15) is 19.3 Å². The maximum Gasteiger partial charge on any atom is 0.263 e. The van der Waals surface area contributed by atoms with Crippen LogP contribution in [0.5, 0.6) is 0 Å². The highest BCUT2D eigenvalue weighted by atomic mass is 35.7. The topological polar surface area (TPSA) is 48.3 Å². The molecule has 2 aromatic rings. The summed E-state index contributed by atoms with van der Waals surface area (Å²) >= 11 is 0. The van der Waals surface area contributed by atoms with Crippen molar-refractivity contribution in [3.63, 3.8) is 0 Å². The van der Waals surface area contributed by atoms with E-state index in [9.17, 15) is 12.8 Å². The summed E-state index contributed by atoms with van der Waals surface area (Å²) in [5.74, 6) is -0.490. The molecule has 7 heteroatoms. The molecule has 4 nitrogen and oxygen atoms in total. The van der Waals surface area contributed by atoms with E-state index in [1.54, 1.807) is 10.6 Å². The number of aromatic nitrogens is 1. The first-order valence-corrected chi connectivity index (χ1v) is 9.11. The molecule has 1 atom stereocenters. The van der Waals surface area contributed by atoms with Crippen LogP contribution in [-0.4, -0.2) is 25.7 Å². The van der Waals surface area contributed by atoms with E-state index in [1.165, 1.54) is 18.3 Å². The lowest BCUT2D eigenvalue weighted by molar-refractivity contribution is 0.00664. The van der Waals surface area contributed by atoms with Crippen molar-refractivity contribution >= 4 is 30.6 Å². The number of rotatable bonds is 3. The molecular weight excluding hydrogens is 317 g/mol. The lowest BCUT2D eigenvalue weighted by Crippen LogP contribution is -2.24. The zero-order valence-corrected chi connectivity index (χ0v) is 12.8. The normalized spacial score (nSPS) is 20.0. The molecule has 0 bridgehead atoms. The molecule has 3 rings (SSSR count). The van der Waals surface area contributed by atoms with Crippen molar-refractivity contribution in [2.45, 2.75) is 36.8 Å². The SMILES string of the molecule is O=S(=O)(Cl)c1cn(CC2CCCCO2)c2ccc(F)cc12. The van der Waals surface area contributed by atoms with Gasteiger partial charge in [-0.3, -0.25) is 0 Å². The summed E-state index contributed by atoms with van der Waals surface area (Å²) in [5, 5.41) is 0.306. The Morgan fingerprint density at radius 1 is 1.38 bits per heavy atom. The second-order valence-electron chi connectivity index (χ2n) is 5.23. The van der Waals surface area contributed by atoms with Gasteiger partial charge in [0.1, 0.15) is 10.7 Å². The fourth-order valence-corrected chi connectivity index (χ4v) is 3.80. The van der Waals surface area contributed by atoms with E-state index in [0.717, 1.165) is 25.9 Å². The van der Waals surface area contributed by atoms with Gasteiger partial charge in [0.25, 0.3) is 9.05 Å². The number of nitrogens with zero attached hydrogens (tertiary/aromatic N) is 1. The molecule has 1 aromatic heterocycles. The molecule has 0 aliphatic carbocycles.